The number of halogens is 6. The van der Waals surface area contributed by atoms with E-state index in [4.69, 9.17) is 9.47 Å². The van der Waals surface area contributed by atoms with Crippen molar-refractivity contribution in [1.82, 2.24) is 0 Å². The summed E-state index contributed by atoms with van der Waals surface area (Å²) in [7, 11) is -0.384. The lowest BCUT2D eigenvalue weighted by Gasteiger charge is -2.09. The highest BCUT2D eigenvalue weighted by Gasteiger charge is 2.31. The minimum atomic E-state index is -4.40. The minimum absolute atomic E-state index is 0.102. The molecule has 0 aliphatic heterocycles. The van der Waals surface area contributed by atoms with E-state index in [0.717, 1.165) is 49.3 Å². The molecule has 0 aliphatic rings. The maximum atomic E-state index is 12.9. The summed E-state index contributed by atoms with van der Waals surface area (Å²) in [5.41, 5.74) is -0.210. The lowest BCUT2D eigenvalue weighted by atomic mass is 10.1. The zero-order valence-electron chi connectivity index (χ0n) is 22.4. The molecule has 218 valence electrons. The first-order valence-electron chi connectivity index (χ1n) is 13.2. The van der Waals surface area contributed by atoms with E-state index in [9.17, 15) is 26.3 Å². The lowest BCUT2D eigenvalue weighted by molar-refractivity contribution is -0.138. The molecule has 43 heavy (non-hydrogen) atoms. The zero-order valence-corrected chi connectivity index (χ0v) is 23.2. The van der Waals surface area contributed by atoms with Crippen LogP contribution >= 0.6 is 10.5 Å². The number of fused-ring (bicyclic) bond motifs is 3. The summed E-state index contributed by atoms with van der Waals surface area (Å²) >= 11 is 0. The van der Waals surface area contributed by atoms with Gasteiger partial charge in [-0.05, 0) is 71.8 Å². The molecule has 0 saturated carbocycles. The second kappa shape index (κ2) is 11.3. The van der Waals surface area contributed by atoms with Gasteiger partial charge in [-0.3, -0.25) is 0 Å². The van der Waals surface area contributed by atoms with Gasteiger partial charge in [0.15, 0.2) is 14.3 Å². The molecular formula is C34H23F6O2S+. The summed E-state index contributed by atoms with van der Waals surface area (Å²) in [6, 6.07) is 31.4. The minimum Gasteiger partial charge on any atom is -0.489 e. The van der Waals surface area contributed by atoms with E-state index in [2.05, 4.69) is 12.1 Å². The van der Waals surface area contributed by atoms with E-state index in [0.29, 0.717) is 22.6 Å². The van der Waals surface area contributed by atoms with Crippen molar-refractivity contribution in [2.24, 2.45) is 0 Å². The number of hydrogen-bond donors (Lipinski definition) is 0. The van der Waals surface area contributed by atoms with Gasteiger partial charge in [-0.1, -0.05) is 42.5 Å². The van der Waals surface area contributed by atoms with Crippen molar-refractivity contribution in [3.63, 3.8) is 0 Å². The van der Waals surface area contributed by atoms with Crippen molar-refractivity contribution in [1.29, 1.82) is 0 Å². The van der Waals surface area contributed by atoms with Crippen molar-refractivity contribution in [3.8, 4) is 16.4 Å². The molecule has 6 rings (SSSR count). The van der Waals surface area contributed by atoms with Gasteiger partial charge >= 0.3 is 12.4 Å². The fraction of sp³-hybridized carbons (Fsp3) is 0.118. The van der Waals surface area contributed by atoms with E-state index < -0.39 is 23.5 Å². The van der Waals surface area contributed by atoms with Gasteiger partial charge in [0.25, 0.3) is 0 Å². The molecule has 6 aromatic rings. The molecule has 0 spiro atoms. The Morgan fingerprint density at radius 1 is 0.488 bits per heavy atom. The quantitative estimate of drug-likeness (QED) is 0.132. The molecule has 1 aromatic heterocycles. The van der Waals surface area contributed by atoms with Crippen LogP contribution < -0.4 is 9.47 Å². The Balaban J connectivity index is 1.31. The van der Waals surface area contributed by atoms with Gasteiger partial charge in [-0.2, -0.15) is 26.3 Å². The SMILES string of the molecule is FC(F)(F)c1ccc(COc2ccc3c(c2)c2cc(OCc4ccc(C(F)(F)F)cc4)ccc2[s+]3-c2ccccc2)cc1. The fourth-order valence-corrected chi connectivity index (χ4v) is 7.18. The molecule has 0 atom stereocenters. The predicted octanol–water partition coefficient (Wildman–Crippen LogP) is 10.9. The van der Waals surface area contributed by atoms with Crippen molar-refractivity contribution in [2.75, 3.05) is 0 Å². The summed E-state index contributed by atoms with van der Waals surface area (Å²) in [6.07, 6.45) is -8.80. The van der Waals surface area contributed by atoms with Crippen LogP contribution in [0.3, 0.4) is 0 Å². The molecule has 0 saturated heterocycles. The zero-order chi connectivity index (χ0) is 30.2. The van der Waals surface area contributed by atoms with E-state index in [1.165, 1.54) is 24.3 Å². The average Bonchev–Trinajstić information content (AvgIpc) is 3.32. The van der Waals surface area contributed by atoms with Crippen LogP contribution in [-0.2, 0) is 25.6 Å². The molecule has 1 heterocycles. The van der Waals surface area contributed by atoms with Crippen LogP contribution in [0.2, 0.25) is 0 Å². The van der Waals surface area contributed by atoms with Gasteiger partial charge in [0.1, 0.15) is 24.7 Å². The summed E-state index contributed by atoms with van der Waals surface area (Å²) in [4.78, 5) is 1.14. The van der Waals surface area contributed by atoms with Crippen LogP contribution in [-0.4, -0.2) is 0 Å². The Bertz CT molecular complexity index is 1760. The molecule has 0 amide bonds. The number of thiophene rings is 1. The molecule has 9 heteroatoms. The molecule has 0 radical (unpaired) electrons. The molecule has 0 aliphatic carbocycles. The van der Waals surface area contributed by atoms with E-state index in [1.807, 2.05) is 54.6 Å². The average molecular weight is 610 g/mol. The highest BCUT2D eigenvalue weighted by molar-refractivity contribution is 7.50. The Morgan fingerprint density at radius 3 is 1.30 bits per heavy atom. The summed E-state index contributed by atoms with van der Waals surface area (Å²) in [5.74, 6) is 1.14. The first-order chi connectivity index (χ1) is 20.6. The van der Waals surface area contributed by atoms with Crippen molar-refractivity contribution < 1.29 is 35.8 Å². The van der Waals surface area contributed by atoms with Crippen molar-refractivity contribution >= 4 is 30.6 Å². The molecule has 0 N–H and O–H groups in total. The standard InChI is InChI=1S/C34H23F6O2S/c35-33(36,37)24-10-6-22(7-11-24)20-41-26-14-16-31-29(18-26)30-19-27(15-17-32(30)43(31)28-4-2-1-3-5-28)42-21-23-8-12-25(13-9-23)34(38,39)40/h1-19H,20-21H2/q+1. The first-order valence-corrected chi connectivity index (χ1v) is 14.4. The van der Waals surface area contributed by atoms with E-state index in [-0.39, 0.29) is 23.7 Å². The van der Waals surface area contributed by atoms with Gasteiger partial charge in [0.2, 0.25) is 0 Å². The second-order valence-electron chi connectivity index (χ2n) is 9.90. The van der Waals surface area contributed by atoms with Gasteiger partial charge in [0.05, 0.1) is 21.9 Å². The third kappa shape index (κ3) is 6.17. The third-order valence-electron chi connectivity index (χ3n) is 6.98. The number of hydrogen-bond acceptors (Lipinski definition) is 2. The van der Waals surface area contributed by atoms with Crippen LogP contribution in [0.15, 0.2) is 115 Å². The van der Waals surface area contributed by atoms with Gasteiger partial charge < -0.3 is 9.47 Å². The molecule has 2 nitrogen and oxygen atoms in total. The lowest BCUT2D eigenvalue weighted by Crippen LogP contribution is -2.05. The maximum absolute atomic E-state index is 12.9. The smallest absolute Gasteiger partial charge is 0.416 e. The number of benzene rings is 5. The summed E-state index contributed by atoms with van der Waals surface area (Å²) in [6.45, 7) is 0.203. The highest BCUT2D eigenvalue weighted by atomic mass is 32.2. The molecule has 0 unspecified atom stereocenters. The Kier molecular flexibility index (Phi) is 7.52. The molecule has 5 aromatic carbocycles. The normalized spacial score (nSPS) is 12.1. The van der Waals surface area contributed by atoms with Crippen molar-refractivity contribution in [3.05, 3.63) is 138 Å². The van der Waals surface area contributed by atoms with Crippen LogP contribution in [0.5, 0.6) is 11.5 Å². The topological polar surface area (TPSA) is 18.5 Å². The number of rotatable bonds is 7. The number of ether oxygens (including phenoxy) is 2. The van der Waals surface area contributed by atoms with Crippen LogP contribution in [0, 0.1) is 0 Å². The largest absolute Gasteiger partial charge is 0.489 e. The van der Waals surface area contributed by atoms with Gasteiger partial charge in [-0.25, -0.2) is 0 Å². The Hall–Kier alpha value is -4.50. The van der Waals surface area contributed by atoms with Crippen molar-refractivity contribution in [2.45, 2.75) is 25.6 Å². The van der Waals surface area contributed by atoms with Gasteiger partial charge in [0, 0.05) is 22.6 Å². The van der Waals surface area contributed by atoms with Crippen LogP contribution in [0.4, 0.5) is 26.3 Å². The Morgan fingerprint density at radius 2 is 0.907 bits per heavy atom. The van der Waals surface area contributed by atoms with Crippen LogP contribution in [0.1, 0.15) is 22.3 Å². The number of alkyl halides is 6. The van der Waals surface area contributed by atoms with Gasteiger partial charge in [-0.15, -0.1) is 0 Å². The fourth-order valence-electron chi connectivity index (χ4n) is 4.82. The maximum Gasteiger partial charge on any atom is 0.416 e. The predicted molar refractivity (Wildman–Crippen MR) is 157 cm³/mol. The Labute approximate surface area is 245 Å². The monoisotopic (exact) mass is 609 g/mol. The third-order valence-corrected chi connectivity index (χ3v) is 9.32. The molecule has 0 fully saturated rings. The van der Waals surface area contributed by atoms with E-state index in [1.54, 1.807) is 0 Å². The first kappa shape index (κ1) is 28.6. The van der Waals surface area contributed by atoms with E-state index >= 15 is 0 Å². The summed E-state index contributed by atoms with van der Waals surface area (Å²) < 4.78 is 91.6. The van der Waals surface area contributed by atoms with Crippen LogP contribution in [0.25, 0.3) is 25.1 Å². The highest BCUT2D eigenvalue weighted by Crippen LogP contribution is 2.50. The molecule has 0 bridgehead atoms. The molecular weight excluding hydrogens is 586 g/mol. The second-order valence-corrected chi connectivity index (χ2v) is 11.9. The summed E-state index contributed by atoms with van der Waals surface area (Å²) in [5, 5.41) is 1.90.